The molecule has 1 unspecified atom stereocenters. The highest BCUT2D eigenvalue weighted by Crippen LogP contribution is 2.23. The van der Waals surface area contributed by atoms with E-state index in [0.717, 1.165) is 36.5 Å². The SMILES string of the molecule is CCc1nn(C)c(CCC(C)CNC(C)(C)C)c1Cl. The molecular weight excluding hydrogens is 258 g/mol. The van der Waals surface area contributed by atoms with Crippen molar-refractivity contribution >= 4 is 11.6 Å². The Bertz CT molecular complexity index is 404. The molecule has 3 nitrogen and oxygen atoms in total. The average molecular weight is 286 g/mol. The van der Waals surface area contributed by atoms with Gasteiger partial charge in [0, 0.05) is 12.6 Å². The fourth-order valence-electron chi connectivity index (χ4n) is 2.06. The zero-order valence-electron chi connectivity index (χ0n) is 13.2. The molecule has 1 aromatic heterocycles. The number of rotatable bonds is 6. The second kappa shape index (κ2) is 6.76. The van der Waals surface area contributed by atoms with Crippen LogP contribution in [-0.4, -0.2) is 21.9 Å². The van der Waals surface area contributed by atoms with Crippen molar-refractivity contribution in [3.05, 3.63) is 16.4 Å². The molecule has 0 bridgehead atoms. The second-order valence-corrected chi connectivity index (χ2v) is 6.84. The number of halogens is 1. The van der Waals surface area contributed by atoms with Crippen LogP contribution in [0, 0.1) is 5.92 Å². The predicted molar refractivity (Wildman–Crippen MR) is 82.8 cm³/mol. The largest absolute Gasteiger partial charge is 0.312 e. The summed E-state index contributed by atoms with van der Waals surface area (Å²) in [6, 6.07) is 0. The van der Waals surface area contributed by atoms with Crippen molar-refractivity contribution in [2.75, 3.05) is 6.54 Å². The van der Waals surface area contributed by atoms with Crippen LogP contribution in [0.2, 0.25) is 5.02 Å². The third kappa shape index (κ3) is 5.15. The van der Waals surface area contributed by atoms with Gasteiger partial charge in [-0.25, -0.2) is 0 Å². The molecule has 1 heterocycles. The number of aromatic nitrogens is 2. The fraction of sp³-hybridized carbons (Fsp3) is 0.800. The van der Waals surface area contributed by atoms with Crippen LogP contribution in [0.3, 0.4) is 0 Å². The number of aryl methyl sites for hydroxylation is 2. The van der Waals surface area contributed by atoms with Crippen LogP contribution in [0.15, 0.2) is 0 Å². The molecule has 110 valence electrons. The molecule has 1 aromatic rings. The van der Waals surface area contributed by atoms with Crippen LogP contribution in [0.1, 0.15) is 52.4 Å². The third-order valence-corrected chi connectivity index (χ3v) is 3.79. The van der Waals surface area contributed by atoms with Crippen LogP contribution in [0.25, 0.3) is 0 Å². The summed E-state index contributed by atoms with van der Waals surface area (Å²) >= 11 is 6.36. The Balaban J connectivity index is 2.50. The highest BCUT2D eigenvalue weighted by Gasteiger charge is 2.15. The van der Waals surface area contributed by atoms with Gasteiger partial charge in [-0.2, -0.15) is 5.10 Å². The van der Waals surface area contributed by atoms with E-state index in [-0.39, 0.29) is 5.54 Å². The Kier molecular flexibility index (Phi) is 5.87. The summed E-state index contributed by atoms with van der Waals surface area (Å²) in [6.45, 7) is 12.0. The molecule has 0 saturated carbocycles. The molecule has 0 aliphatic carbocycles. The molecule has 0 saturated heterocycles. The van der Waals surface area contributed by atoms with Crippen LogP contribution >= 0.6 is 11.6 Å². The van der Waals surface area contributed by atoms with Gasteiger partial charge in [0.25, 0.3) is 0 Å². The molecule has 0 radical (unpaired) electrons. The van der Waals surface area contributed by atoms with Crippen molar-refractivity contribution in [3.63, 3.8) is 0 Å². The summed E-state index contributed by atoms with van der Waals surface area (Å²) < 4.78 is 1.94. The van der Waals surface area contributed by atoms with Gasteiger partial charge in [-0.15, -0.1) is 0 Å². The Morgan fingerprint density at radius 3 is 2.47 bits per heavy atom. The van der Waals surface area contributed by atoms with Crippen LogP contribution in [-0.2, 0) is 19.9 Å². The summed E-state index contributed by atoms with van der Waals surface area (Å²) in [5.41, 5.74) is 2.37. The van der Waals surface area contributed by atoms with Gasteiger partial charge in [-0.3, -0.25) is 4.68 Å². The second-order valence-electron chi connectivity index (χ2n) is 6.46. The lowest BCUT2D eigenvalue weighted by molar-refractivity contribution is 0.371. The lowest BCUT2D eigenvalue weighted by Gasteiger charge is -2.23. The molecule has 0 spiro atoms. The Hall–Kier alpha value is -0.540. The van der Waals surface area contributed by atoms with E-state index >= 15 is 0 Å². The predicted octanol–water partition coefficient (Wildman–Crippen LogP) is 3.59. The molecule has 0 fully saturated rings. The monoisotopic (exact) mass is 285 g/mol. The Morgan fingerprint density at radius 2 is 2.00 bits per heavy atom. The molecule has 19 heavy (non-hydrogen) atoms. The van der Waals surface area contributed by atoms with E-state index in [1.54, 1.807) is 0 Å². The van der Waals surface area contributed by atoms with E-state index in [1.807, 2.05) is 11.7 Å². The first-order valence-electron chi connectivity index (χ1n) is 7.20. The number of nitrogens with zero attached hydrogens (tertiary/aromatic N) is 2. The van der Waals surface area contributed by atoms with E-state index in [9.17, 15) is 0 Å². The van der Waals surface area contributed by atoms with E-state index in [1.165, 1.54) is 5.69 Å². The number of nitrogens with one attached hydrogen (secondary N) is 1. The Morgan fingerprint density at radius 1 is 1.37 bits per heavy atom. The molecule has 1 atom stereocenters. The standard InChI is InChI=1S/C15H28ClN3/c1-7-12-14(16)13(19(6)18-12)9-8-11(2)10-17-15(3,4)5/h11,17H,7-10H2,1-6H3. The molecule has 1 rings (SSSR count). The first-order chi connectivity index (χ1) is 8.74. The highest BCUT2D eigenvalue weighted by molar-refractivity contribution is 6.31. The molecule has 0 aromatic carbocycles. The van der Waals surface area contributed by atoms with Gasteiger partial charge in [-0.1, -0.05) is 25.4 Å². The minimum absolute atomic E-state index is 0.188. The number of hydrogen-bond donors (Lipinski definition) is 1. The van der Waals surface area contributed by atoms with Crippen molar-refractivity contribution in [2.24, 2.45) is 13.0 Å². The van der Waals surface area contributed by atoms with Gasteiger partial charge in [0.05, 0.1) is 16.4 Å². The summed E-state index contributed by atoms with van der Waals surface area (Å²) in [5.74, 6) is 0.635. The van der Waals surface area contributed by atoms with Crippen molar-refractivity contribution in [1.29, 1.82) is 0 Å². The topological polar surface area (TPSA) is 29.9 Å². The lowest BCUT2D eigenvalue weighted by Crippen LogP contribution is -2.38. The fourth-order valence-corrected chi connectivity index (χ4v) is 2.45. The molecule has 1 N–H and O–H groups in total. The van der Waals surface area contributed by atoms with Gasteiger partial charge >= 0.3 is 0 Å². The first kappa shape index (κ1) is 16.5. The van der Waals surface area contributed by atoms with Crippen molar-refractivity contribution < 1.29 is 0 Å². The average Bonchev–Trinajstić information content (AvgIpc) is 2.58. The first-order valence-corrected chi connectivity index (χ1v) is 7.57. The zero-order valence-corrected chi connectivity index (χ0v) is 13.9. The van der Waals surface area contributed by atoms with Crippen molar-refractivity contribution in [1.82, 2.24) is 15.1 Å². The minimum Gasteiger partial charge on any atom is -0.312 e. The molecule has 4 heteroatoms. The Labute approximate surface area is 122 Å². The van der Waals surface area contributed by atoms with Crippen LogP contribution in [0.4, 0.5) is 0 Å². The van der Waals surface area contributed by atoms with Gasteiger partial charge in [0.2, 0.25) is 0 Å². The van der Waals surface area contributed by atoms with Crippen LogP contribution in [0.5, 0.6) is 0 Å². The number of hydrogen-bond acceptors (Lipinski definition) is 2. The van der Waals surface area contributed by atoms with Gasteiger partial charge < -0.3 is 5.32 Å². The van der Waals surface area contributed by atoms with Crippen molar-refractivity contribution in [3.8, 4) is 0 Å². The van der Waals surface area contributed by atoms with E-state index < -0.39 is 0 Å². The maximum absolute atomic E-state index is 6.36. The minimum atomic E-state index is 0.188. The molecular formula is C15H28ClN3. The normalized spacial score (nSPS) is 13.8. The van der Waals surface area contributed by atoms with E-state index in [4.69, 9.17) is 11.6 Å². The van der Waals surface area contributed by atoms with Crippen molar-refractivity contribution in [2.45, 2.75) is 59.4 Å². The van der Waals surface area contributed by atoms with Crippen LogP contribution < -0.4 is 5.32 Å². The maximum Gasteiger partial charge on any atom is 0.0849 e. The highest BCUT2D eigenvalue weighted by atomic mass is 35.5. The zero-order chi connectivity index (χ0) is 14.6. The smallest absolute Gasteiger partial charge is 0.0849 e. The summed E-state index contributed by atoms with van der Waals surface area (Å²) in [4.78, 5) is 0. The lowest BCUT2D eigenvalue weighted by atomic mass is 10.0. The van der Waals surface area contributed by atoms with E-state index in [2.05, 4.69) is 45.0 Å². The summed E-state index contributed by atoms with van der Waals surface area (Å²) in [5, 5.41) is 8.87. The third-order valence-electron chi connectivity index (χ3n) is 3.36. The molecule has 0 amide bonds. The molecule has 0 aliphatic rings. The van der Waals surface area contributed by atoms with Gasteiger partial charge in [-0.05, 0) is 52.5 Å². The summed E-state index contributed by atoms with van der Waals surface area (Å²) in [6.07, 6.45) is 3.02. The quantitative estimate of drug-likeness (QED) is 0.866. The van der Waals surface area contributed by atoms with Gasteiger partial charge in [0.1, 0.15) is 0 Å². The van der Waals surface area contributed by atoms with E-state index in [0.29, 0.717) is 5.92 Å². The maximum atomic E-state index is 6.36. The summed E-state index contributed by atoms with van der Waals surface area (Å²) in [7, 11) is 1.98. The molecule has 0 aliphatic heterocycles. The van der Waals surface area contributed by atoms with Gasteiger partial charge in [0.15, 0.2) is 0 Å².